The first-order valence-corrected chi connectivity index (χ1v) is 5.87. The summed E-state index contributed by atoms with van der Waals surface area (Å²) in [5.41, 5.74) is 0.459. The minimum absolute atomic E-state index is 0.0400. The lowest BCUT2D eigenvalue weighted by Crippen LogP contribution is -1.98. The SMILES string of the molecule is N#Cc1cc(F)ccc1-n1cc2c(Cl)ncc(F)c2n1. The van der Waals surface area contributed by atoms with E-state index in [9.17, 15) is 8.78 Å². The molecule has 3 aromatic rings. The molecule has 0 unspecified atom stereocenters. The van der Waals surface area contributed by atoms with Crippen molar-refractivity contribution in [1.29, 1.82) is 5.26 Å². The van der Waals surface area contributed by atoms with Crippen LogP contribution in [0, 0.1) is 23.0 Å². The van der Waals surface area contributed by atoms with Gasteiger partial charge in [-0.05, 0) is 18.2 Å². The molecule has 0 saturated carbocycles. The molecule has 2 heterocycles. The minimum atomic E-state index is -0.622. The number of rotatable bonds is 1. The summed E-state index contributed by atoms with van der Waals surface area (Å²) in [6, 6.07) is 5.53. The van der Waals surface area contributed by atoms with Gasteiger partial charge in [-0.2, -0.15) is 10.4 Å². The fourth-order valence-corrected chi connectivity index (χ4v) is 2.05. The van der Waals surface area contributed by atoms with E-state index in [1.54, 1.807) is 0 Å². The number of hydrogen-bond donors (Lipinski definition) is 0. The van der Waals surface area contributed by atoms with Crippen LogP contribution >= 0.6 is 11.6 Å². The van der Waals surface area contributed by atoms with E-state index in [4.69, 9.17) is 16.9 Å². The van der Waals surface area contributed by atoms with E-state index in [1.165, 1.54) is 23.0 Å². The standard InChI is InChI=1S/C13H5ClF2N4/c14-13-9-6-20(19-12(9)10(16)5-18-13)11-2-1-8(15)3-7(11)4-17/h1-3,5-6H. The Morgan fingerprint density at radius 1 is 1.30 bits per heavy atom. The molecule has 0 amide bonds. The first kappa shape index (κ1) is 12.5. The highest BCUT2D eigenvalue weighted by atomic mass is 35.5. The highest BCUT2D eigenvalue weighted by Gasteiger charge is 2.14. The molecule has 0 aliphatic heterocycles. The molecule has 0 saturated heterocycles. The summed E-state index contributed by atoms with van der Waals surface area (Å²) in [6.07, 6.45) is 2.42. The average molecular weight is 291 g/mol. The zero-order chi connectivity index (χ0) is 14.3. The third kappa shape index (κ3) is 1.89. The van der Waals surface area contributed by atoms with Crippen LogP contribution in [0.4, 0.5) is 8.78 Å². The second kappa shape index (κ2) is 4.54. The Labute approximate surface area is 116 Å². The summed E-state index contributed by atoms with van der Waals surface area (Å²) < 4.78 is 28.0. The van der Waals surface area contributed by atoms with Gasteiger partial charge in [0.1, 0.15) is 22.6 Å². The van der Waals surface area contributed by atoms with Gasteiger partial charge in [-0.25, -0.2) is 18.4 Å². The summed E-state index contributed by atoms with van der Waals surface area (Å²) in [4.78, 5) is 3.68. The Kier molecular flexibility index (Phi) is 2.84. The van der Waals surface area contributed by atoms with Crippen molar-refractivity contribution in [3.8, 4) is 11.8 Å². The normalized spacial score (nSPS) is 10.7. The van der Waals surface area contributed by atoms with Gasteiger partial charge < -0.3 is 0 Å². The summed E-state index contributed by atoms with van der Waals surface area (Å²) in [5, 5.41) is 13.5. The number of halogens is 3. The predicted molar refractivity (Wildman–Crippen MR) is 68.5 cm³/mol. The molecule has 3 rings (SSSR count). The van der Waals surface area contributed by atoms with Gasteiger partial charge in [0.05, 0.1) is 22.8 Å². The van der Waals surface area contributed by atoms with Crippen molar-refractivity contribution in [3.05, 3.63) is 52.9 Å². The van der Waals surface area contributed by atoms with Crippen molar-refractivity contribution in [3.63, 3.8) is 0 Å². The molecular weight excluding hydrogens is 286 g/mol. The summed E-state index contributed by atoms with van der Waals surface area (Å²) >= 11 is 5.87. The van der Waals surface area contributed by atoms with Gasteiger partial charge in [-0.15, -0.1) is 0 Å². The fraction of sp³-hybridized carbons (Fsp3) is 0. The highest BCUT2D eigenvalue weighted by molar-refractivity contribution is 6.34. The number of nitriles is 1. The Hall–Kier alpha value is -2.52. The molecule has 7 heteroatoms. The van der Waals surface area contributed by atoms with E-state index in [1.807, 2.05) is 6.07 Å². The zero-order valence-electron chi connectivity index (χ0n) is 9.81. The third-order valence-electron chi connectivity index (χ3n) is 2.78. The molecule has 0 atom stereocenters. The topological polar surface area (TPSA) is 54.5 Å². The van der Waals surface area contributed by atoms with Crippen LogP contribution < -0.4 is 0 Å². The van der Waals surface area contributed by atoms with Crippen molar-refractivity contribution >= 4 is 22.5 Å². The molecule has 20 heavy (non-hydrogen) atoms. The lowest BCUT2D eigenvalue weighted by atomic mass is 10.2. The Morgan fingerprint density at radius 3 is 2.80 bits per heavy atom. The Balaban J connectivity index is 2.29. The maximum absolute atomic E-state index is 13.6. The molecule has 0 radical (unpaired) electrons. The lowest BCUT2D eigenvalue weighted by molar-refractivity contribution is 0.625. The van der Waals surface area contributed by atoms with Crippen LogP contribution in [-0.2, 0) is 0 Å². The van der Waals surface area contributed by atoms with Crippen LogP contribution in [0.25, 0.3) is 16.6 Å². The van der Waals surface area contributed by atoms with Crippen molar-refractivity contribution in [2.75, 3.05) is 0 Å². The number of hydrogen-bond acceptors (Lipinski definition) is 3. The maximum Gasteiger partial charge on any atom is 0.169 e. The van der Waals surface area contributed by atoms with Crippen LogP contribution in [0.3, 0.4) is 0 Å². The van der Waals surface area contributed by atoms with E-state index in [2.05, 4.69) is 10.1 Å². The number of pyridine rings is 1. The summed E-state index contributed by atoms with van der Waals surface area (Å²) in [7, 11) is 0. The van der Waals surface area contributed by atoms with Crippen LogP contribution in [-0.4, -0.2) is 14.8 Å². The lowest BCUT2D eigenvalue weighted by Gasteiger charge is -2.03. The van der Waals surface area contributed by atoms with E-state index >= 15 is 0 Å². The van der Waals surface area contributed by atoms with E-state index in [0.717, 1.165) is 12.3 Å². The van der Waals surface area contributed by atoms with Gasteiger partial charge in [0.2, 0.25) is 0 Å². The van der Waals surface area contributed by atoms with Gasteiger partial charge in [0, 0.05) is 6.20 Å². The van der Waals surface area contributed by atoms with E-state index in [-0.39, 0.29) is 16.2 Å². The molecule has 4 nitrogen and oxygen atoms in total. The highest BCUT2D eigenvalue weighted by Crippen LogP contribution is 2.25. The van der Waals surface area contributed by atoms with Crippen LogP contribution in [0.15, 0.2) is 30.6 Å². The molecule has 0 spiro atoms. The molecule has 0 fully saturated rings. The molecule has 0 aliphatic rings. The van der Waals surface area contributed by atoms with Gasteiger partial charge in [0.25, 0.3) is 0 Å². The zero-order valence-corrected chi connectivity index (χ0v) is 10.6. The fourth-order valence-electron chi connectivity index (χ4n) is 1.87. The molecular formula is C13H5ClF2N4. The van der Waals surface area contributed by atoms with Crippen molar-refractivity contribution in [1.82, 2.24) is 14.8 Å². The first-order valence-electron chi connectivity index (χ1n) is 5.49. The average Bonchev–Trinajstić information content (AvgIpc) is 2.89. The largest absolute Gasteiger partial charge is 0.241 e. The van der Waals surface area contributed by atoms with Crippen LogP contribution in [0.1, 0.15) is 5.56 Å². The number of benzene rings is 1. The van der Waals surface area contributed by atoms with Crippen molar-refractivity contribution in [2.45, 2.75) is 0 Å². The number of aromatic nitrogens is 3. The van der Waals surface area contributed by atoms with Gasteiger partial charge >= 0.3 is 0 Å². The monoisotopic (exact) mass is 290 g/mol. The molecule has 2 aromatic heterocycles. The van der Waals surface area contributed by atoms with Gasteiger partial charge in [0.15, 0.2) is 5.82 Å². The minimum Gasteiger partial charge on any atom is -0.241 e. The van der Waals surface area contributed by atoms with Crippen LogP contribution in [0.2, 0.25) is 5.15 Å². The second-order valence-electron chi connectivity index (χ2n) is 4.01. The van der Waals surface area contributed by atoms with Gasteiger partial charge in [-0.1, -0.05) is 11.6 Å². The molecule has 98 valence electrons. The third-order valence-corrected chi connectivity index (χ3v) is 3.08. The molecule has 0 bridgehead atoms. The molecule has 0 aliphatic carbocycles. The van der Waals surface area contributed by atoms with Crippen LogP contribution in [0.5, 0.6) is 0 Å². The maximum atomic E-state index is 13.6. The predicted octanol–water partition coefficient (Wildman–Crippen LogP) is 3.22. The first-order chi connectivity index (χ1) is 9.60. The smallest absolute Gasteiger partial charge is 0.169 e. The van der Waals surface area contributed by atoms with Crippen molar-refractivity contribution in [2.24, 2.45) is 0 Å². The quantitative estimate of drug-likeness (QED) is 0.647. The van der Waals surface area contributed by atoms with E-state index in [0.29, 0.717) is 11.1 Å². The number of nitrogens with zero attached hydrogens (tertiary/aromatic N) is 4. The summed E-state index contributed by atoms with van der Waals surface area (Å²) in [5.74, 6) is -1.16. The van der Waals surface area contributed by atoms with Crippen molar-refractivity contribution < 1.29 is 8.78 Å². The Bertz CT molecular complexity index is 828. The van der Waals surface area contributed by atoms with Gasteiger partial charge in [-0.3, -0.25) is 0 Å². The summed E-state index contributed by atoms with van der Waals surface area (Å²) in [6.45, 7) is 0. The molecule has 0 N–H and O–H groups in total. The molecule has 1 aromatic carbocycles. The van der Waals surface area contributed by atoms with E-state index < -0.39 is 11.6 Å². The second-order valence-corrected chi connectivity index (χ2v) is 4.36. The number of fused-ring (bicyclic) bond motifs is 1. The Morgan fingerprint density at radius 2 is 2.10 bits per heavy atom.